The number of carboxylic acid groups (broad SMARTS) is 1. The molecule has 31 heavy (non-hydrogen) atoms. The summed E-state index contributed by atoms with van der Waals surface area (Å²) >= 11 is 7.18. The van der Waals surface area contributed by atoms with Gasteiger partial charge in [0.25, 0.3) is 5.91 Å². The number of H-pyrrole nitrogens is 1. The van der Waals surface area contributed by atoms with E-state index in [1.807, 2.05) is 27.7 Å². The van der Waals surface area contributed by atoms with Crippen LogP contribution in [0.25, 0.3) is 0 Å². The lowest BCUT2D eigenvalue weighted by Crippen LogP contribution is -2.22. The molecule has 0 aromatic carbocycles. The molecule has 0 radical (unpaired) electrons. The molecule has 0 saturated carbocycles. The van der Waals surface area contributed by atoms with E-state index in [9.17, 15) is 14.7 Å². The van der Waals surface area contributed by atoms with Crippen molar-refractivity contribution < 1.29 is 19.4 Å². The van der Waals surface area contributed by atoms with Crippen molar-refractivity contribution >= 4 is 41.2 Å². The molecule has 2 atom stereocenters. The molecule has 3 N–H and O–H groups in total. The molecular weight excluding hydrogens is 442 g/mol. The van der Waals surface area contributed by atoms with Crippen LogP contribution < -0.4 is 10.1 Å². The number of aryl methyl sites for hydroxylation is 1. The van der Waals surface area contributed by atoms with E-state index in [0.29, 0.717) is 35.0 Å². The number of amides is 1. The Hall–Kier alpha value is -2.33. The predicted molar refractivity (Wildman–Crippen MR) is 118 cm³/mol. The van der Waals surface area contributed by atoms with Gasteiger partial charge in [-0.05, 0) is 25.7 Å². The van der Waals surface area contributed by atoms with E-state index in [0.717, 1.165) is 24.6 Å². The normalized spacial score (nSPS) is 17.6. The summed E-state index contributed by atoms with van der Waals surface area (Å²) in [5.74, 6) is -1.32. The second kappa shape index (κ2) is 9.86. The van der Waals surface area contributed by atoms with Crippen molar-refractivity contribution in [1.82, 2.24) is 19.9 Å². The Balaban J connectivity index is 1.97. The molecule has 1 aliphatic rings. The average molecular weight is 468 g/mol. The van der Waals surface area contributed by atoms with Gasteiger partial charge in [0, 0.05) is 5.92 Å². The smallest absolute Gasteiger partial charge is 0.317 e. The highest BCUT2D eigenvalue weighted by molar-refractivity contribution is 8.00. The average Bonchev–Trinajstić information content (AvgIpc) is 3.32. The minimum atomic E-state index is -0.911. The number of carboxylic acids is 1. The summed E-state index contributed by atoms with van der Waals surface area (Å²) in [6.45, 7) is 7.85. The number of nitrogens with zero attached hydrogens (tertiary/aromatic N) is 3. The molecule has 0 fully saturated rings. The summed E-state index contributed by atoms with van der Waals surface area (Å²) in [6.07, 6.45) is 2.68. The molecular formula is C20H26ClN5O4S. The Kier molecular flexibility index (Phi) is 7.42. The summed E-state index contributed by atoms with van der Waals surface area (Å²) in [5, 5.41) is 12.4. The fourth-order valence-electron chi connectivity index (χ4n) is 3.48. The zero-order valence-electron chi connectivity index (χ0n) is 17.9. The van der Waals surface area contributed by atoms with Crippen LogP contribution in [0.1, 0.15) is 74.8 Å². The Labute approximate surface area is 189 Å². The number of imidazole rings is 1. The van der Waals surface area contributed by atoms with E-state index in [4.69, 9.17) is 16.3 Å². The lowest BCUT2D eigenvalue weighted by molar-refractivity contribution is -0.136. The van der Waals surface area contributed by atoms with Crippen LogP contribution in [0.4, 0.5) is 5.95 Å². The van der Waals surface area contributed by atoms with Gasteiger partial charge < -0.3 is 14.8 Å². The first-order valence-electron chi connectivity index (χ1n) is 10.4. The van der Waals surface area contributed by atoms with E-state index < -0.39 is 17.1 Å². The number of aliphatic carboxylic acids is 1. The molecule has 1 amide bonds. The molecule has 2 aromatic rings. The Morgan fingerprint density at radius 1 is 1.23 bits per heavy atom. The number of hydrogen-bond donors (Lipinski definition) is 3. The fourth-order valence-corrected chi connectivity index (χ4v) is 5.08. The van der Waals surface area contributed by atoms with Crippen molar-refractivity contribution in [3.05, 3.63) is 22.2 Å². The van der Waals surface area contributed by atoms with Gasteiger partial charge in [-0.1, -0.05) is 51.1 Å². The maximum Gasteiger partial charge on any atom is 0.317 e. The fraction of sp³-hybridized carbons (Fsp3) is 0.550. The minimum Gasteiger partial charge on any atom is -0.480 e. The summed E-state index contributed by atoms with van der Waals surface area (Å²) in [4.78, 5) is 40.2. The Morgan fingerprint density at radius 3 is 2.48 bits per heavy atom. The van der Waals surface area contributed by atoms with Gasteiger partial charge in [0.1, 0.15) is 10.3 Å². The molecule has 11 heteroatoms. The SMILES string of the molecule is CCc1[nH]c(C(=O)Nc2nc(OC(CC)CC)c3c(n2)SC(C(=O)O)C3CC)nc1Cl. The van der Waals surface area contributed by atoms with E-state index >= 15 is 0 Å². The number of aromatic amines is 1. The van der Waals surface area contributed by atoms with E-state index in [1.165, 1.54) is 0 Å². The molecule has 3 rings (SSSR count). The number of anilines is 1. The zero-order valence-corrected chi connectivity index (χ0v) is 19.4. The van der Waals surface area contributed by atoms with Gasteiger partial charge in [-0.2, -0.15) is 4.98 Å². The molecule has 168 valence electrons. The van der Waals surface area contributed by atoms with Gasteiger partial charge in [-0.25, -0.2) is 9.97 Å². The lowest BCUT2D eigenvalue weighted by Gasteiger charge is -2.20. The topological polar surface area (TPSA) is 130 Å². The second-order valence-electron chi connectivity index (χ2n) is 7.18. The summed E-state index contributed by atoms with van der Waals surface area (Å²) < 4.78 is 6.13. The highest BCUT2D eigenvalue weighted by atomic mass is 35.5. The standard InChI is InChI=1S/C20H26ClN5O4S/c1-5-9(6-2)30-17-12-10(7-3)13(19(28)29)31-18(12)26-20(25-17)24-16(27)15-22-11(8-4)14(21)23-15/h9-10,13H,5-8H2,1-4H3,(H,22,23)(H,28,29)(H,24,25,26,27). The van der Waals surface area contributed by atoms with Gasteiger partial charge in [0.15, 0.2) is 11.0 Å². The van der Waals surface area contributed by atoms with Crippen molar-refractivity contribution in [2.75, 3.05) is 5.32 Å². The van der Waals surface area contributed by atoms with E-state index in [-0.39, 0.29) is 28.9 Å². The number of carbonyl (C=O) groups excluding carboxylic acids is 1. The molecule has 3 heterocycles. The number of aromatic nitrogens is 4. The van der Waals surface area contributed by atoms with Gasteiger partial charge in [0.05, 0.1) is 17.4 Å². The van der Waals surface area contributed by atoms with Crippen LogP contribution in [0.2, 0.25) is 5.15 Å². The van der Waals surface area contributed by atoms with Gasteiger partial charge in [-0.15, -0.1) is 0 Å². The first-order chi connectivity index (χ1) is 14.8. The maximum absolute atomic E-state index is 12.6. The van der Waals surface area contributed by atoms with Crippen molar-refractivity contribution in [1.29, 1.82) is 0 Å². The Bertz CT molecular complexity index is 979. The predicted octanol–water partition coefficient (Wildman–Crippen LogP) is 4.29. The van der Waals surface area contributed by atoms with Crippen molar-refractivity contribution in [3.63, 3.8) is 0 Å². The first-order valence-corrected chi connectivity index (χ1v) is 11.6. The monoisotopic (exact) mass is 467 g/mol. The van der Waals surface area contributed by atoms with Crippen LogP contribution in [0.15, 0.2) is 5.03 Å². The van der Waals surface area contributed by atoms with Crippen LogP contribution in [0, 0.1) is 0 Å². The molecule has 0 saturated heterocycles. The number of carbonyl (C=O) groups is 2. The highest BCUT2D eigenvalue weighted by Gasteiger charge is 2.42. The van der Waals surface area contributed by atoms with Crippen LogP contribution >= 0.6 is 23.4 Å². The molecule has 9 nitrogen and oxygen atoms in total. The molecule has 0 spiro atoms. The minimum absolute atomic E-state index is 0.0312. The van der Waals surface area contributed by atoms with Gasteiger partial charge in [-0.3, -0.25) is 14.9 Å². The molecule has 0 bridgehead atoms. The number of rotatable bonds is 9. The summed E-state index contributed by atoms with van der Waals surface area (Å²) in [7, 11) is 0. The van der Waals surface area contributed by atoms with Crippen LogP contribution in [-0.4, -0.2) is 48.3 Å². The van der Waals surface area contributed by atoms with Crippen LogP contribution in [0.3, 0.4) is 0 Å². The van der Waals surface area contributed by atoms with Crippen molar-refractivity contribution in [2.45, 2.75) is 75.7 Å². The van der Waals surface area contributed by atoms with Crippen LogP contribution in [0.5, 0.6) is 5.88 Å². The molecule has 0 aliphatic carbocycles. The largest absolute Gasteiger partial charge is 0.480 e. The third-order valence-corrected chi connectivity index (χ3v) is 6.88. The van der Waals surface area contributed by atoms with Crippen molar-refractivity contribution in [2.24, 2.45) is 0 Å². The molecule has 2 aromatic heterocycles. The number of thioether (sulfide) groups is 1. The van der Waals surface area contributed by atoms with E-state index in [1.54, 1.807) is 0 Å². The molecule has 1 aliphatic heterocycles. The first kappa shape index (κ1) is 23.3. The number of nitrogens with one attached hydrogen (secondary N) is 2. The van der Waals surface area contributed by atoms with Gasteiger partial charge >= 0.3 is 5.97 Å². The third kappa shape index (κ3) is 4.79. The zero-order chi connectivity index (χ0) is 22.7. The lowest BCUT2D eigenvalue weighted by atomic mass is 9.95. The molecule has 2 unspecified atom stereocenters. The number of hydrogen-bond acceptors (Lipinski definition) is 7. The number of ether oxygens (including phenoxy) is 1. The highest BCUT2D eigenvalue weighted by Crippen LogP contribution is 2.50. The Morgan fingerprint density at radius 2 is 1.94 bits per heavy atom. The number of halogens is 1. The van der Waals surface area contributed by atoms with E-state index in [2.05, 4.69) is 25.3 Å². The maximum atomic E-state index is 12.6. The summed E-state index contributed by atoms with van der Waals surface area (Å²) in [6, 6.07) is 0. The second-order valence-corrected chi connectivity index (χ2v) is 8.67. The van der Waals surface area contributed by atoms with Gasteiger partial charge in [0.2, 0.25) is 11.8 Å². The van der Waals surface area contributed by atoms with Crippen molar-refractivity contribution in [3.8, 4) is 5.88 Å². The third-order valence-electron chi connectivity index (χ3n) is 5.24. The summed E-state index contributed by atoms with van der Waals surface area (Å²) in [5.41, 5.74) is 1.35. The quantitative estimate of drug-likeness (QED) is 0.465. The number of fused-ring (bicyclic) bond motifs is 1. The van der Waals surface area contributed by atoms with Crippen LogP contribution in [-0.2, 0) is 11.2 Å².